The van der Waals surface area contributed by atoms with Gasteiger partial charge in [-0.15, -0.1) is 0 Å². The lowest BCUT2D eigenvalue weighted by molar-refractivity contribution is -0.0423. The van der Waals surface area contributed by atoms with Gasteiger partial charge in [0.15, 0.2) is 11.2 Å². The molecule has 3 heterocycles. The van der Waals surface area contributed by atoms with E-state index in [4.69, 9.17) is 49.6 Å². The lowest BCUT2D eigenvalue weighted by atomic mass is 10.2. The summed E-state index contributed by atoms with van der Waals surface area (Å²) in [7, 11) is -32.7. The standard InChI is InChI=1S/C10H16N5O13P3.H5O10P3/c11-10-13-8-7(9(17)14-10)12-3-15(8)6-1-4(16)5(26-6)2-25-30(21,22)28-31(23,24)27-29(18,19)20;1-11(2,3)9-13(7,8)10-12(4,5)6/h3-6,16H,1-2H2,(H,21,22)(H,23,24)(H2,18,19,20)(H3,11,13,14,17);(H,7,8)(H2,1,2,3)(H2,4,5,6)/t4-,5+,6+;/m0./s1. The third-order valence-electron chi connectivity index (χ3n) is 4.20. The van der Waals surface area contributed by atoms with Gasteiger partial charge in [-0.1, -0.05) is 0 Å². The second-order valence-corrected chi connectivity index (χ2v) is 16.3. The molecule has 1 saturated heterocycles. The molecule has 0 aromatic carbocycles. The Balaban J connectivity index is 0.000000439. The third kappa shape index (κ3) is 13.3. The highest BCUT2D eigenvalue weighted by molar-refractivity contribution is 7.67. The van der Waals surface area contributed by atoms with Gasteiger partial charge in [-0.2, -0.15) is 22.2 Å². The maximum atomic E-state index is 11.8. The zero-order valence-corrected chi connectivity index (χ0v) is 26.0. The molecule has 2 unspecified atom stereocenters. The Morgan fingerprint density at radius 3 is 1.82 bits per heavy atom. The smallest absolute Gasteiger partial charge is 0.390 e. The normalized spacial score (nSPS) is 22.6. The van der Waals surface area contributed by atoms with Crippen LogP contribution in [0.2, 0.25) is 0 Å². The summed E-state index contributed by atoms with van der Waals surface area (Å²) in [6.45, 7) is -0.843. The number of anilines is 1. The Labute approximate surface area is 240 Å². The molecule has 0 aliphatic carbocycles. The Kier molecular flexibility index (Phi) is 12.4. The van der Waals surface area contributed by atoms with E-state index in [1.54, 1.807) is 0 Å². The minimum Gasteiger partial charge on any atom is -0.390 e. The molecule has 0 saturated carbocycles. The fraction of sp³-hybridized carbons (Fsp3) is 0.500. The summed E-state index contributed by atoms with van der Waals surface area (Å²) in [5, 5.41) is 10.1. The first kappa shape index (κ1) is 39.1. The Morgan fingerprint density at radius 1 is 0.864 bits per heavy atom. The number of aromatic amines is 1. The maximum absolute atomic E-state index is 11.8. The number of aromatic nitrogens is 4. The van der Waals surface area contributed by atoms with Crippen molar-refractivity contribution in [3.8, 4) is 0 Å². The van der Waals surface area contributed by atoms with Crippen molar-refractivity contribution in [3.05, 3.63) is 16.7 Å². The molecule has 3 rings (SSSR count). The van der Waals surface area contributed by atoms with Gasteiger partial charge >= 0.3 is 46.9 Å². The molecule has 5 atom stereocenters. The first-order valence-corrected chi connectivity index (χ1v) is 19.4. The van der Waals surface area contributed by atoms with Crippen molar-refractivity contribution in [3.63, 3.8) is 0 Å². The number of nitrogens with two attached hydrogens (primary N) is 1. The first-order chi connectivity index (χ1) is 19.6. The number of nitrogen functional groups attached to an aromatic ring is 1. The van der Waals surface area contributed by atoms with E-state index in [1.807, 2.05) is 0 Å². The number of imidazole rings is 1. The largest absolute Gasteiger partial charge is 0.490 e. The fourth-order valence-corrected chi connectivity index (χ4v) is 8.51. The van der Waals surface area contributed by atoms with Gasteiger partial charge in [0, 0.05) is 6.42 Å². The van der Waals surface area contributed by atoms with Gasteiger partial charge in [0.25, 0.3) is 5.56 Å². The van der Waals surface area contributed by atoms with E-state index in [1.165, 1.54) is 10.9 Å². The van der Waals surface area contributed by atoms with Crippen molar-refractivity contribution < 1.29 is 103 Å². The van der Waals surface area contributed by atoms with E-state index < -0.39 is 77.5 Å². The topological polar surface area (TPSA) is 450 Å². The molecule has 13 N–H and O–H groups in total. The molecule has 1 fully saturated rings. The van der Waals surface area contributed by atoms with Crippen LogP contribution in [0.4, 0.5) is 5.95 Å². The van der Waals surface area contributed by atoms with Gasteiger partial charge in [-0.05, 0) is 0 Å². The van der Waals surface area contributed by atoms with Gasteiger partial charge in [-0.25, -0.2) is 32.4 Å². The number of fused-ring (bicyclic) bond motifs is 1. The molecule has 1 aliphatic heterocycles. The van der Waals surface area contributed by atoms with Crippen molar-refractivity contribution in [2.45, 2.75) is 24.9 Å². The van der Waals surface area contributed by atoms with Crippen molar-refractivity contribution >= 4 is 64.0 Å². The van der Waals surface area contributed by atoms with Gasteiger partial charge in [0.05, 0.1) is 19.0 Å². The van der Waals surface area contributed by atoms with E-state index in [2.05, 4.69) is 36.7 Å². The summed E-state index contributed by atoms with van der Waals surface area (Å²) in [6, 6.07) is 0. The minimum atomic E-state index is -5.67. The summed E-state index contributed by atoms with van der Waals surface area (Å²) < 4.78 is 88.5. The van der Waals surface area contributed by atoms with Crippen molar-refractivity contribution in [1.29, 1.82) is 0 Å². The number of H-pyrrole nitrogens is 1. The minimum absolute atomic E-state index is 0.0481. The Bertz CT molecular complexity index is 1660. The monoisotopic (exact) mass is 765 g/mol. The summed E-state index contributed by atoms with van der Waals surface area (Å²) in [4.78, 5) is 97.7. The summed E-state index contributed by atoms with van der Waals surface area (Å²) >= 11 is 0. The molecule has 0 spiro atoms. The van der Waals surface area contributed by atoms with E-state index in [0.29, 0.717) is 0 Å². The molecule has 2 aromatic rings. The van der Waals surface area contributed by atoms with Crippen LogP contribution in [0.5, 0.6) is 0 Å². The molecule has 254 valence electrons. The number of rotatable bonds is 12. The fourth-order valence-electron chi connectivity index (χ4n) is 2.94. The molecule has 0 amide bonds. The highest BCUT2D eigenvalue weighted by Gasteiger charge is 2.43. The highest BCUT2D eigenvalue weighted by Crippen LogP contribution is 2.66. The average Bonchev–Trinajstić information content (AvgIpc) is 3.29. The third-order valence-corrected chi connectivity index (χ3v) is 11.4. The number of phosphoric ester groups is 1. The molecule has 0 radical (unpaired) electrons. The number of aliphatic hydroxyl groups is 1. The van der Waals surface area contributed by atoms with Crippen LogP contribution in [0.3, 0.4) is 0 Å². The van der Waals surface area contributed by atoms with Gasteiger partial charge in [-0.3, -0.25) is 18.9 Å². The van der Waals surface area contributed by atoms with Crippen LogP contribution in [0.25, 0.3) is 11.2 Å². The van der Waals surface area contributed by atoms with E-state index in [0.717, 1.165) is 0 Å². The molecular formula is C10H21N5O23P6. The van der Waals surface area contributed by atoms with Crippen LogP contribution in [-0.2, 0) is 53.9 Å². The first-order valence-electron chi connectivity index (χ1n) is 10.3. The number of phosphoric acid groups is 6. The van der Waals surface area contributed by atoms with Crippen molar-refractivity contribution in [2.75, 3.05) is 12.3 Å². The predicted molar refractivity (Wildman–Crippen MR) is 133 cm³/mol. The molecule has 28 nitrogen and oxygen atoms in total. The predicted octanol–water partition coefficient (Wildman–Crippen LogP) is -2.00. The number of hydrogen-bond donors (Lipinski definition) is 12. The molecule has 2 aromatic heterocycles. The maximum Gasteiger partial charge on any atom is 0.490 e. The van der Waals surface area contributed by atoms with Crippen LogP contribution in [0, 0.1) is 0 Å². The molecule has 44 heavy (non-hydrogen) atoms. The second kappa shape index (κ2) is 13.9. The zero-order valence-electron chi connectivity index (χ0n) is 20.6. The zero-order chi connectivity index (χ0) is 34.1. The van der Waals surface area contributed by atoms with E-state index in [9.17, 15) is 42.2 Å². The lowest BCUT2D eigenvalue weighted by Gasteiger charge is -2.19. The van der Waals surface area contributed by atoms with E-state index >= 15 is 0 Å². The van der Waals surface area contributed by atoms with Crippen LogP contribution in [0.15, 0.2) is 11.1 Å². The Hall–Kier alpha value is -1.11. The van der Waals surface area contributed by atoms with Crippen LogP contribution >= 0.6 is 46.9 Å². The average molecular weight is 765 g/mol. The quantitative estimate of drug-likeness (QED) is 0.104. The van der Waals surface area contributed by atoms with Gasteiger partial charge < -0.3 is 59.6 Å². The second-order valence-electron chi connectivity index (χ2n) is 7.71. The van der Waals surface area contributed by atoms with Crippen LogP contribution < -0.4 is 11.3 Å². The molecular weight excluding hydrogens is 744 g/mol. The number of aliphatic hydroxyl groups excluding tert-OH is 1. The van der Waals surface area contributed by atoms with Crippen molar-refractivity contribution in [1.82, 2.24) is 19.5 Å². The van der Waals surface area contributed by atoms with Gasteiger partial charge in [0.2, 0.25) is 5.95 Å². The summed E-state index contributed by atoms with van der Waals surface area (Å²) in [5.74, 6) is -0.193. The van der Waals surface area contributed by atoms with Crippen LogP contribution in [-0.4, -0.2) is 87.5 Å². The lowest BCUT2D eigenvalue weighted by Crippen LogP contribution is -2.26. The number of hydrogen-bond acceptors (Lipinski definition) is 17. The van der Waals surface area contributed by atoms with Gasteiger partial charge in [0.1, 0.15) is 12.3 Å². The number of nitrogens with zero attached hydrogens (tertiary/aromatic N) is 3. The van der Waals surface area contributed by atoms with E-state index in [-0.39, 0.29) is 23.5 Å². The highest BCUT2D eigenvalue weighted by atomic mass is 31.3. The summed E-state index contributed by atoms with van der Waals surface area (Å²) in [6.07, 6.45) is -2.36. The SMILES string of the molecule is Nc1nc2c(ncn2[C@H]2C[C@H](O)[C@@H](COP(=O)(O)OP(=O)(O)OP(=O)(O)O)O2)c(=O)[nH]1.O=P(O)(O)OP(=O)(O)OP(=O)(O)O. The molecule has 34 heteroatoms. The number of nitrogens with one attached hydrogen (secondary N) is 1. The van der Waals surface area contributed by atoms with Crippen molar-refractivity contribution in [2.24, 2.45) is 0 Å². The molecule has 1 aliphatic rings. The summed E-state index contributed by atoms with van der Waals surface area (Å²) in [5.41, 5.74) is 4.89. The Morgan fingerprint density at radius 2 is 1.34 bits per heavy atom. The molecule has 0 bridgehead atoms. The van der Waals surface area contributed by atoms with Crippen LogP contribution in [0.1, 0.15) is 12.6 Å². The number of ether oxygens (including phenoxy) is 1.